The molecule has 374 valence electrons. The lowest BCUT2D eigenvalue weighted by Crippen LogP contribution is -2.30. The lowest BCUT2D eigenvalue weighted by Gasteiger charge is -2.18. The van der Waals surface area contributed by atoms with E-state index in [0.29, 0.717) is 19.3 Å². The molecule has 0 fully saturated rings. The molecular weight excluding hydrogens is 805 g/mol. The molecule has 0 heterocycles. The van der Waals surface area contributed by atoms with E-state index in [1.165, 1.54) is 96.3 Å². The predicted octanol–water partition coefficient (Wildman–Crippen LogP) is 18.2. The Bertz CT molecular complexity index is 1230. The van der Waals surface area contributed by atoms with Crippen molar-refractivity contribution in [3.8, 4) is 0 Å². The summed E-state index contributed by atoms with van der Waals surface area (Å²) in [4.78, 5) is 38.1. The van der Waals surface area contributed by atoms with Crippen LogP contribution in [0.25, 0.3) is 0 Å². The fraction of sp³-hybridized carbons (Fsp3) is 0.746. The molecule has 6 nitrogen and oxygen atoms in total. The monoisotopic (exact) mass is 907 g/mol. The number of carbonyl (C=O) groups is 3. The minimum Gasteiger partial charge on any atom is -0.462 e. The van der Waals surface area contributed by atoms with Gasteiger partial charge in [-0.15, -0.1) is 0 Å². The van der Waals surface area contributed by atoms with E-state index in [1.54, 1.807) is 0 Å². The van der Waals surface area contributed by atoms with E-state index in [4.69, 9.17) is 14.2 Å². The topological polar surface area (TPSA) is 78.9 Å². The molecule has 0 aromatic rings. The molecule has 0 radical (unpaired) electrons. The van der Waals surface area contributed by atoms with Gasteiger partial charge in [0.1, 0.15) is 13.2 Å². The highest BCUT2D eigenvalue weighted by Gasteiger charge is 2.19. The van der Waals surface area contributed by atoms with E-state index in [0.717, 1.165) is 128 Å². The summed E-state index contributed by atoms with van der Waals surface area (Å²) in [6.07, 6.45) is 67.4. The first-order valence-corrected chi connectivity index (χ1v) is 27.4. The Morgan fingerprint density at radius 1 is 0.323 bits per heavy atom. The van der Waals surface area contributed by atoms with Crippen LogP contribution in [0, 0.1) is 0 Å². The van der Waals surface area contributed by atoms with Crippen LogP contribution >= 0.6 is 0 Å². The number of rotatable bonds is 49. The molecule has 0 amide bonds. The number of hydrogen-bond donors (Lipinski definition) is 0. The third-order valence-corrected chi connectivity index (χ3v) is 11.7. The summed E-state index contributed by atoms with van der Waals surface area (Å²) in [7, 11) is 0. The molecule has 0 saturated carbocycles. The van der Waals surface area contributed by atoms with E-state index in [1.807, 2.05) is 0 Å². The van der Waals surface area contributed by atoms with Crippen LogP contribution in [0.1, 0.15) is 265 Å². The molecular formula is C59H102O6. The van der Waals surface area contributed by atoms with Crippen LogP contribution in [0.3, 0.4) is 0 Å². The highest BCUT2D eigenvalue weighted by Crippen LogP contribution is 2.16. The van der Waals surface area contributed by atoms with Gasteiger partial charge >= 0.3 is 17.9 Å². The van der Waals surface area contributed by atoms with Crippen molar-refractivity contribution in [1.29, 1.82) is 0 Å². The summed E-state index contributed by atoms with van der Waals surface area (Å²) in [5.41, 5.74) is 0. The molecule has 0 saturated heterocycles. The second-order valence-corrected chi connectivity index (χ2v) is 18.1. The molecule has 0 aliphatic rings. The van der Waals surface area contributed by atoms with Gasteiger partial charge < -0.3 is 14.2 Å². The summed E-state index contributed by atoms with van der Waals surface area (Å²) in [6, 6.07) is 0. The van der Waals surface area contributed by atoms with E-state index >= 15 is 0 Å². The first-order chi connectivity index (χ1) is 32.0. The van der Waals surface area contributed by atoms with Crippen molar-refractivity contribution in [2.24, 2.45) is 0 Å². The minimum absolute atomic E-state index is 0.0891. The van der Waals surface area contributed by atoms with Crippen LogP contribution in [-0.4, -0.2) is 37.2 Å². The van der Waals surface area contributed by atoms with E-state index in [2.05, 4.69) is 93.7 Å². The zero-order chi connectivity index (χ0) is 47.2. The molecule has 1 atom stereocenters. The second-order valence-electron chi connectivity index (χ2n) is 18.1. The summed E-state index contributed by atoms with van der Waals surface area (Å²) in [6.45, 7) is 6.45. The molecule has 1 unspecified atom stereocenters. The normalized spacial score (nSPS) is 12.6. The van der Waals surface area contributed by atoms with Crippen LogP contribution in [-0.2, 0) is 28.6 Å². The van der Waals surface area contributed by atoms with Gasteiger partial charge in [-0.1, -0.05) is 235 Å². The standard InChI is InChI=1S/C59H102O6/c1-4-7-10-13-16-19-22-25-27-29-31-34-37-40-43-46-49-52-58(61)64-55-56(54-63-57(60)51-48-45-42-39-36-33-24-21-18-15-12-9-6-3)65-59(62)53-50-47-44-41-38-35-32-30-28-26-23-20-17-14-11-8-5-2/h7,10,12,15-16,19,21,24-25,27,31,34,56H,4-6,8-9,11,13-14,17-18,20,22-23,26,28-30,32-33,35-55H2,1-3H3/b10-7-,15-12-,19-16-,24-21-,27-25-,34-31-. The van der Waals surface area contributed by atoms with Gasteiger partial charge in [0.05, 0.1) is 0 Å². The number of unbranched alkanes of at least 4 members (excludes halogenated alkanes) is 26. The third-order valence-electron chi connectivity index (χ3n) is 11.7. The maximum absolute atomic E-state index is 12.8. The Morgan fingerprint density at radius 2 is 0.631 bits per heavy atom. The van der Waals surface area contributed by atoms with Crippen molar-refractivity contribution in [3.63, 3.8) is 0 Å². The van der Waals surface area contributed by atoms with Gasteiger partial charge in [-0.25, -0.2) is 0 Å². The zero-order valence-corrected chi connectivity index (χ0v) is 42.7. The van der Waals surface area contributed by atoms with Crippen molar-refractivity contribution in [2.45, 2.75) is 271 Å². The molecule has 0 bridgehead atoms. The SMILES string of the molecule is CC/C=C\C/C=C\C/C=C\C/C=C\CCCCCCC(=O)OCC(COC(=O)CCCCCCC/C=C\C/C=C\CCC)OC(=O)CCCCCCCCCCCCCCCCCCC. The van der Waals surface area contributed by atoms with Crippen LogP contribution < -0.4 is 0 Å². The Kier molecular flexibility index (Phi) is 50.9. The summed E-state index contributed by atoms with van der Waals surface area (Å²) in [5.74, 6) is -0.919. The maximum atomic E-state index is 12.8. The number of carbonyl (C=O) groups excluding carboxylic acids is 3. The van der Waals surface area contributed by atoms with Crippen LogP contribution in [0.15, 0.2) is 72.9 Å². The highest BCUT2D eigenvalue weighted by atomic mass is 16.6. The smallest absolute Gasteiger partial charge is 0.306 e. The average molecular weight is 907 g/mol. The van der Waals surface area contributed by atoms with Gasteiger partial charge in [-0.2, -0.15) is 0 Å². The van der Waals surface area contributed by atoms with E-state index < -0.39 is 6.10 Å². The fourth-order valence-electron chi connectivity index (χ4n) is 7.59. The first-order valence-electron chi connectivity index (χ1n) is 27.4. The number of hydrogen-bond acceptors (Lipinski definition) is 6. The van der Waals surface area contributed by atoms with E-state index in [9.17, 15) is 14.4 Å². The van der Waals surface area contributed by atoms with Crippen LogP contribution in [0.2, 0.25) is 0 Å². The Balaban J connectivity index is 4.41. The number of allylic oxidation sites excluding steroid dienone is 12. The Labute approximate surface area is 402 Å². The van der Waals surface area contributed by atoms with Crippen LogP contribution in [0.5, 0.6) is 0 Å². The molecule has 0 aliphatic heterocycles. The summed E-state index contributed by atoms with van der Waals surface area (Å²) >= 11 is 0. The van der Waals surface area contributed by atoms with Crippen molar-refractivity contribution in [3.05, 3.63) is 72.9 Å². The van der Waals surface area contributed by atoms with Gasteiger partial charge in [-0.3, -0.25) is 14.4 Å². The lowest BCUT2D eigenvalue weighted by molar-refractivity contribution is -0.167. The van der Waals surface area contributed by atoms with Gasteiger partial charge in [0.2, 0.25) is 0 Å². The number of ether oxygens (including phenoxy) is 3. The molecule has 0 spiro atoms. The molecule has 65 heavy (non-hydrogen) atoms. The quantitative estimate of drug-likeness (QED) is 0.0262. The first kappa shape index (κ1) is 61.9. The van der Waals surface area contributed by atoms with Crippen LogP contribution in [0.4, 0.5) is 0 Å². The fourth-order valence-corrected chi connectivity index (χ4v) is 7.59. The molecule has 0 aromatic heterocycles. The average Bonchev–Trinajstić information content (AvgIpc) is 3.30. The minimum atomic E-state index is -0.789. The molecule has 0 rings (SSSR count). The molecule has 0 N–H and O–H groups in total. The van der Waals surface area contributed by atoms with Gasteiger partial charge in [0, 0.05) is 19.3 Å². The molecule has 6 heteroatoms. The van der Waals surface area contributed by atoms with Gasteiger partial charge in [0.25, 0.3) is 0 Å². The maximum Gasteiger partial charge on any atom is 0.306 e. The lowest BCUT2D eigenvalue weighted by atomic mass is 10.0. The molecule has 0 aliphatic carbocycles. The van der Waals surface area contributed by atoms with Gasteiger partial charge in [0.15, 0.2) is 6.10 Å². The van der Waals surface area contributed by atoms with Crippen molar-refractivity contribution in [1.82, 2.24) is 0 Å². The summed E-state index contributed by atoms with van der Waals surface area (Å²) in [5, 5.41) is 0. The zero-order valence-electron chi connectivity index (χ0n) is 42.7. The van der Waals surface area contributed by atoms with Crippen molar-refractivity contribution < 1.29 is 28.6 Å². The van der Waals surface area contributed by atoms with Crippen molar-refractivity contribution in [2.75, 3.05) is 13.2 Å². The largest absolute Gasteiger partial charge is 0.462 e. The predicted molar refractivity (Wildman–Crippen MR) is 279 cm³/mol. The van der Waals surface area contributed by atoms with Crippen molar-refractivity contribution >= 4 is 17.9 Å². The van der Waals surface area contributed by atoms with E-state index in [-0.39, 0.29) is 31.1 Å². The molecule has 0 aromatic carbocycles. The Morgan fingerprint density at radius 3 is 1.00 bits per heavy atom. The number of esters is 3. The third kappa shape index (κ3) is 51.7. The summed E-state index contributed by atoms with van der Waals surface area (Å²) < 4.78 is 16.8. The van der Waals surface area contributed by atoms with Gasteiger partial charge in [-0.05, 0) is 83.5 Å². The second kappa shape index (κ2) is 53.5. The Hall–Kier alpha value is -3.15. The highest BCUT2D eigenvalue weighted by molar-refractivity contribution is 5.71.